The third-order valence-corrected chi connectivity index (χ3v) is 3.55. The average molecular weight is 303 g/mol. The maximum atomic E-state index is 12.1. The molecular weight excluding hydrogens is 282 g/mol. The number of pyridine rings is 1. The maximum Gasteiger partial charge on any atom is 0.187 e. The number of aryl methyl sites for hydroxylation is 1. The first-order valence-electron chi connectivity index (χ1n) is 6.96. The van der Waals surface area contributed by atoms with Gasteiger partial charge in [-0.3, -0.25) is 4.79 Å². The van der Waals surface area contributed by atoms with Crippen molar-refractivity contribution in [3.8, 4) is 17.2 Å². The molecule has 0 saturated carbocycles. The van der Waals surface area contributed by atoms with Crippen LogP contribution in [0.5, 0.6) is 11.5 Å². The van der Waals surface area contributed by atoms with Crippen LogP contribution < -0.4 is 14.9 Å². The standard InChI is InChI=1S/C17H21NO4/c1-11-8-15(19)13(17(2,3)20)10-18(11)14-9-12(21-4)6-7-16(14)22-5/h6-10,20H,1-5H3. The van der Waals surface area contributed by atoms with E-state index in [9.17, 15) is 9.90 Å². The van der Waals surface area contributed by atoms with Crippen LogP contribution in [0.4, 0.5) is 0 Å². The van der Waals surface area contributed by atoms with Gasteiger partial charge in [0.2, 0.25) is 0 Å². The zero-order valence-corrected chi connectivity index (χ0v) is 13.5. The van der Waals surface area contributed by atoms with Crippen LogP contribution in [0.1, 0.15) is 25.1 Å². The molecule has 0 fully saturated rings. The van der Waals surface area contributed by atoms with E-state index < -0.39 is 5.60 Å². The van der Waals surface area contributed by atoms with Gasteiger partial charge in [-0.1, -0.05) is 0 Å². The molecule has 5 nitrogen and oxygen atoms in total. The van der Waals surface area contributed by atoms with E-state index in [1.54, 1.807) is 46.4 Å². The van der Waals surface area contributed by atoms with E-state index in [1.165, 1.54) is 6.07 Å². The fourth-order valence-corrected chi connectivity index (χ4v) is 2.34. The quantitative estimate of drug-likeness (QED) is 0.942. The van der Waals surface area contributed by atoms with Gasteiger partial charge < -0.3 is 19.1 Å². The van der Waals surface area contributed by atoms with Crippen LogP contribution in [0.2, 0.25) is 0 Å². The maximum absolute atomic E-state index is 12.1. The van der Waals surface area contributed by atoms with Crippen LogP contribution in [0.25, 0.3) is 5.69 Å². The summed E-state index contributed by atoms with van der Waals surface area (Å²) < 4.78 is 12.5. The Morgan fingerprint density at radius 1 is 1.14 bits per heavy atom. The number of methoxy groups -OCH3 is 2. The molecule has 5 heteroatoms. The minimum atomic E-state index is -1.22. The molecule has 1 heterocycles. The van der Waals surface area contributed by atoms with Crippen LogP contribution in [0.15, 0.2) is 35.3 Å². The first kappa shape index (κ1) is 16.1. The Balaban J connectivity index is 2.75. The monoisotopic (exact) mass is 303 g/mol. The highest BCUT2D eigenvalue weighted by Gasteiger charge is 2.21. The van der Waals surface area contributed by atoms with Gasteiger partial charge >= 0.3 is 0 Å². The summed E-state index contributed by atoms with van der Waals surface area (Å²) in [6.45, 7) is 5.01. The van der Waals surface area contributed by atoms with Gasteiger partial charge in [-0.15, -0.1) is 0 Å². The van der Waals surface area contributed by atoms with E-state index in [0.29, 0.717) is 17.1 Å². The number of rotatable bonds is 4. The zero-order chi connectivity index (χ0) is 16.5. The van der Waals surface area contributed by atoms with Crippen molar-refractivity contribution >= 4 is 0 Å². The molecule has 0 unspecified atom stereocenters. The van der Waals surface area contributed by atoms with E-state index in [4.69, 9.17) is 9.47 Å². The fourth-order valence-electron chi connectivity index (χ4n) is 2.34. The number of benzene rings is 1. The summed E-state index contributed by atoms with van der Waals surface area (Å²) in [6.07, 6.45) is 1.65. The summed E-state index contributed by atoms with van der Waals surface area (Å²) in [5, 5.41) is 10.2. The van der Waals surface area contributed by atoms with Crippen LogP contribution in [0.3, 0.4) is 0 Å². The molecule has 1 aromatic carbocycles. The Hall–Kier alpha value is -2.27. The predicted octanol–water partition coefficient (Wildman–Crippen LogP) is 2.39. The largest absolute Gasteiger partial charge is 0.497 e. The Morgan fingerprint density at radius 2 is 1.82 bits per heavy atom. The Morgan fingerprint density at radius 3 is 2.36 bits per heavy atom. The van der Waals surface area contributed by atoms with Crippen LogP contribution in [-0.2, 0) is 5.60 Å². The van der Waals surface area contributed by atoms with Crippen LogP contribution in [0, 0.1) is 6.92 Å². The van der Waals surface area contributed by atoms with Crippen LogP contribution >= 0.6 is 0 Å². The molecule has 0 bridgehead atoms. The zero-order valence-electron chi connectivity index (χ0n) is 13.5. The lowest BCUT2D eigenvalue weighted by Gasteiger charge is -2.21. The molecule has 118 valence electrons. The summed E-state index contributed by atoms with van der Waals surface area (Å²) in [7, 11) is 3.17. The molecule has 1 N–H and O–H groups in total. The predicted molar refractivity (Wildman–Crippen MR) is 85.1 cm³/mol. The van der Waals surface area contributed by atoms with Crippen molar-refractivity contribution in [3.05, 3.63) is 51.9 Å². The van der Waals surface area contributed by atoms with Crippen LogP contribution in [-0.4, -0.2) is 23.9 Å². The summed E-state index contributed by atoms with van der Waals surface area (Å²) in [4.78, 5) is 12.1. The minimum absolute atomic E-state index is 0.192. The number of nitrogens with zero attached hydrogens (tertiary/aromatic N) is 1. The smallest absolute Gasteiger partial charge is 0.187 e. The van der Waals surface area contributed by atoms with Gasteiger partial charge in [-0.2, -0.15) is 0 Å². The lowest BCUT2D eigenvalue weighted by atomic mass is 9.99. The molecule has 2 aromatic rings. The molecule has 0 saturated heterocycles. The van der Waals surface area contributed by atoms with Crippen molar-refractivity contribution in [3.63, 3.8) is 0 Å². The number of aromatic nitrogens is 1. The van der Waals surface area contributed by atoms with Crippen molar-refractivity contribution < 1.29 is 14.6 Å². The second-order valence-electron chi connectivity index (χ2n) is 5.66. The number of aliphatic hydroxyl groups is 1. The van der Waals surface area contributed by atoms with Gasteiger partial charge in [-0.05, 0) is 32.9 Å². The summed E-state index contributed by atoms with van der Waals surface area (Å²) in [6, 6.07) is 6.93. The molecule has 0 radical (unpaired) electrons. The van der Waals surface area contributed by atoms with Crippen molar-refractivity contribution in [2.45, 2.75) is 26.4 Å². The lowest BCUT2D eigenvalue weighted by molar-refractivity contribution is 0.0769. The fraction of sp³-hybridized carbons (Fsp3) is 0.353. The highest BCUT2D eigenvalue weighted by Crippen LogP contribution is 2.29. The first-order chi connectivity index (χ1) is 10.3. The average Bonchev–Trinajstić information content (AvgIpc) is 2.45. The first-order valence-corrected chi connectivity index (χ1v) is 6.96. The van der Waals surface area contributed by atoms with E-state index >= 15 is 0 Å². The van der Waals surface area contributed by atoms with Gasteiger partial charge in [0, 0.05) is 29.6 Å². The molecule has 22 heavy (non-hydrogen) atoms. The molecule has 1 aromatic heterocycles. The molecule has 0 spiro atoms. The highest BCUT2D eigenvalue weighted by molar-refractivity contribution is 5.52. The SMILES string of the molecule is COc1ccc(OC)c(-n2cc(C(C)(C)O)c(=O)cc2C)c1. The normalized spacial score (nSPS) is 11.4. The molecule has 2 rings (SSSR count). The summed E-state index contributed by atoms with van der Waals surface area (Å²) in [5.74, 6) is 1.33. The highest BCUT2D eigenvalue weighted by atomic mass is 16.5. The number of ether oxygens (including phenoxy) is 2. The topological polar surface area (TPSA) is 60.7 Å². The Kier molecular flexibility index (Phi) is 4.28. The van der Waals surface area contributed by atoms with E-state index in [2.05, 4.69) is 0 Å². The summed E-state index contributed by atoms with van der Waals surface area (Å²) >= 11 is 0. The molecular formula is C17H21NO4. The van der Waals surface area contributed by atoms with E-state index in [0.717, 1.165) is 11.4 Å². The Labute approximate surface area is 129 Å². The van der Waals surface area contributed by atoms with Crippen molar-refractivity contribution in [2.75, 3.05) is 14.2 Å². The molecule has 0 atom stereocenters. The second kappa shape index (κ2) is 5.85. The minimum Gasteiger partial charge on any atom is -0.497 e. The molecule has 0 aliphatic heterocycles. The third-order valence-electron chi connectivity index (χ3n) is 3.55. The van der Waals surface area contributed by atoms with Crippen molar-refractivity contribution in [2.24, 2.45) is 0 Å². The molecule has 0 aliphatic rings. The van der Waals surface area contributed by atoms with Crippen molar-refractivity contribution in [1.82, 2.24) is 4.57 Å². The molecule has 0 aliphatic carbocycles. The lowest BCUT2D eigenvalue weighted by Crippen LogP contribution is -2.27. The van der Waals surface area contributed by atoms with E-state index in [1.807, 2.05) is 17.6 Å². The number of hydrogen-bond acceptors (Lipinski definition) is 4. The van der Waals surface area contributed by atoms with Gasteiger partial charge in [0.05, 0.1) is 25.5 Å². The summed E-state index contributed by atoms with van der Waals surface area (Å²) in [5.41, 5.74) is 0.388. The van der Waals surface area contributed by atoms with Crippen molar-refractivity contribution in [1.29, 1.82) is 0 Å². The molecule has 0 amide bonds. The van der Waals surface area contributed by atoms with Gasteiger partial charge in [0.25, 0.3) is 0 Å². The third kappa shape index (κ3) is 2.99. The second-order valence-corrected chi connectivity index (χ2v) is 5.66. The van der Waals surface area contributed by atoms with Gasteiger partial charge in [0.1, 0.15) is 11.5 Å². The van der Waals surface area contributed by atoms with Gasteiger partial charge in [0.15, 0.2) is 5.43 Å². The Bertz CT molecular complexity index is 741. The van der Waals surface area contributed by atoms with E-state index in [-0.39, 0.29) is 5.43 Å². The van der Waals surface area contributed by atoms with Gasteiger partial charge in [-0.25, -0.2) is 0 Å². The number of hydrogen-bond donors (Lipinski definition) is 1.